The molecule has 38 heavy (non-hydrogen) atoms. The molecule has 0 radical (unpaired) electrons. The van der Waals surface area contributed by atoms with Crippen molar-refractivity contribution in [2.45, 2.75) is 123 Å². The van der Waals surface area contributed by atoms with Gasteiger partial charge in [0.1, 0.15) is 0 Å². The lowest BCUT2D eigenvalue weighted by atomic mass is 10.0. The van der Waals surface area contributed by atoms with Crippen LogP contribution in [-0.2, 0) is 9.59 Å². The van der Waals surface area contributed by atoms with E-state index in [0.717, 1.165) is 51.5 Å². The van der Waals surface area contributed by atoms with E-state index in [4.69, 9.17) is 11.5 Å². The summed E-state index contributed by atoms with van der Waals surface area (Å²) in [4.78, 5) is 32.5. The van der Waals surface area contributed by atoms with Gasteiger partial charge in [-0.25, -0.2) is 0 Å². The zero-order chi connectivity index (χ0) is 29.0. The second-order valence-corrected chi connectivity index (χ2v) is 10.5. The molecule has 3 unspecified atom stereocenters. The first-order chi connectivity index (χ1) is 17.9. The number of aliphatic hydroxyl groups excluding tert-OH is 2. The van der Waals surface area contributed by atoms with Crippen molar-refractivity contribution in [1.29, 1.82) is 0 Å². The Balaban J connectivity index is 3.94. The maximum absolute atomic E-state index is 12.0. The summed E-state index contributed by atoms with van der Waals surface area (Å²) in [5, 5.41) is 28.7. The number of aliphatic imine (C=N–C) groups is 2. The van der Waals surface area contributed by atoms with Gasteiger partial charge >= 0.3 is 0 Å². The highest BCUT2D eigenvalue weighted by Crippen LogP contribution is 2.07. The van der Waals surface area contributed by atoms with Crippen molar-refractivity contribution in [2.24, 2.45) is 21.5 Å². The smallest absolute Gasteiger partial charge is 0.251 e. The van der Waals surface area contributed by atoms with Crippen molar-refractivity contribution in [3.63, 3.8) is 0 Å². The Morgan fingerprint density at radius 2 is 1.45 bits per heavy atom. The number of nitrogens with two attached hydrogens (primary N) is 2. The topological polar surface area (TPSA) is 187 Å². The highest BCUT2D eigenvalue weighted by molar-refractivity contribution is 5.82. The normalized spacial score (nSPS) is 15.1. The van der Waals surface area contributed by atoms with Gasteiger partial charge in [0.05, 0.1) is 30.9 Å². The minimum absolute atomic E-state index is 0.00361. The Bertz CT molecular complexity index is 728. The van der Waals surface area contributed by atoms with E-state index < -0.39 is 18.1 Å². The summed E-state index contributed by atoms with van der Waals surface area (Å²) in [6.07, 6.45) is 4.43. The fourth-order valence-electron chi connectivity index (χ4n) is 3.39. The van der Waals surface area contributed by atoms with Crippen molar-refractivity contribution in [2.75, 3.05) is 26.2 Å². The van der Waals surface area contributed by atoms with Gasteiger partial charge in [-0.05, 0) is 52.9 Å². The van der Waals surface area contributed by atoms with Crippen molar-refractivity contribution in [3.8, 4) is 0 Å². The zero-order valence-corrected chi connectivity index (χ0v) is 24.4. The van der Waals surface area contributed by atoms with Crippen LogP contribution in [-0.4, -0.2) is 83.7 Å². The fourth-order valence-corrected chi connectivity index (χ4v) is 3.39. The Kier molecular flexibility index (Phi) is 19.5. The number of aliphatic hydroxyl groups is 2. The molecule has 11 nitrogen and oxygen atoms in total. The Hall–Kier alpha value is -2.24. The highest BCUT2D eigenvalue weighted by atomic mass is 16.3. The third-order valence-corrected chi connectivity index (χ3v) is 6.58. The second-order valence-electron chi connectivity index (χ2n) is 10.5. The predicted molar refractivity (Wildman–Crippen MR) is 155 cm³/mol. The van der Waals surface area contributed by atoms with E-state index in [2.05, 4.69) is 46.7 Å². The van der Waals surface area contributed by atoms with Gasteiger partial charge in [-0.1, -0.05) is 26.7 Å². The number of amidine groups is 2. The fraction of sp³-hybridized carbons (Fsp3) is 0.852. The average Bonchev–Trinajstić information content (AvgIpc) is 2.88. The predicted octanol–water partition coefficient (Wildman–Crippen LogP) is 1.35. The molecule has 0 saturated heterocycles. The number of nitrogens with zero attached hydrogens (tertiary/aromatic N) is 2. The number of nitrogens with one attached hydrogen (secondary N) is 3. The minimum Gasteiger partial charge on any atom is -0.390 e. The molecule has 9 N–H and O–H groups in total. The SMILES string of the molecule is CCC(C)NC(=O)CCC(O)C(O)C(=O)NCCN=C(N)CCCCCCC(N)=NCCNC(C)(C)CC. The van der Waals surface area contributed by atoms with Crippen LogP contribution in [0.1, 0.15) is 98.8 Å². The van der Waals surface area contributed by atoms with Crippen LogP contribution in [0.25, 0.3) is 0 Å². The quantitative estimate of drug-likeness (QED) is 0.0612. The first-order valence-corrected chi connectivity index (χ1v) is 14.2. The molecule has 0 aromatic heterocycles. The van der Waals surface area contributed by atoms with E-state index in [1.165, 1.54) is 0 Å². The van der Waals surface area contributed by atoms with Crippen LogP contribution in [0.5, 0.6) is 0 Å². The monoisotopic (exact) mass is 541 g/mol. The zero-order valence-electron chi connectivity index (χ0n) is 24.4. The van der Waals surface area contributed by atoms with Gasteiger partial charge in [0.2, 0.25) is 5.91 Å². The van der Waals surface area contributed by atoms with E-state index in [1.807, 2.05) is 13.8 Å². The summed E-state index contributed by atoms with van der Waals surface area (Å²) < 4.78 is 0. The molecule has 0 saturated carbocycles. The maximum atomic E-state index is 12.0. The standard InChI is InChI=1S/C27H55N7O4/c1-6-20(3)34-24(36)15-14-21(35)25(37)26(38)32-17-16-30-22(28)12-10-8-9-11-13-23(29)31-18-19-33-27(4,5)7-2/h20-21,25,33,35,37H,6-19H2,1-5H3,(H2,28,30)(H2,29,31)(H,32,38)(H,34,36). The van der Waals surface area contributed by atoms with E-state index in [0.29, 0.717) is 24.6 Å². The highest BCUT2D eigenvalue weighted by Gasteiger charge is 2.24. The van der Waals surface area contributed by atoms with Crippen LogP contribution < -0.4 is 27.4 Å². The number of amides is 2. The summed E-state index contributed by atoms with van der Waals surface area (Å²) in [5.74, 6) is 0.311. The largest absolute Gasteiger partial charge is 0.390 e. The van der Waals surface area contributed by atoms with Crippen molar-refractivity contribution in [1.82, 2.24) is 16.0 Å². The summed E-state index contributed by atoms with van der Waals surface area (Å²) in [6.45, 7) is 12.4. The molecule has 0 fully saturated rings. The molecule has 0 aromatic carbocycles. The van der Waals surface area contributed by atoms with E-state index in [-0.39, 0.29) is 43.4 Å². The first kappa shape index (κ1) is 35.8. The summed E-state index contributed by atoms with van der Waals surface area (Å²) in [6, 6.07) is 0.0429. The molecule has 11 heteroatoms. The lowest BCUT2D eigenvalue weighted by Crippen LogP contribution is -2.43. The minimum atomic E-state index is -1.60. The first-order valence-electron chi connectivity index (χ1n) is 14.2. The molecule has 222 valence electrons. The van der Waals surface area contributed by atoms with Crippen LogP contribution in [0.3, 0.4) is 0 Å². The maximum Gasteiger partial charge on any atom is 0.251 e. The number of hydrogen-bond donors (Lipinski definition) is 7. The molecular weight excluding hydrogens is 486 g/mol. The third kappa shape index (κ3) is 18.9. The van der Waals surface area contributed by atoms with Crippen LogP contribution >= 0.6 is 0 Å². The van der Waals surface area contributed by atoms with Gasteiger partial charge in [-0.15, -0.1) is 0 Å². The molecule has 0 bridgehead atoms. The van der Waals surface area contributed by atoms with E-state index in [1.54, 1.807) is 0 Å². The van der Waals surface area contributed by atoms with Crippen LogP contribution in [0.2, 0.25) is 0 Å². The Morgan fingerprint density at radius 1 is 0.895 bits per heavy atom. The van der Waals surface area contributed by atoms with Crippen LogP contribution in [0.4, 0.5) is 0 Å². The van der Waals surface area contributed by atoms with Crippen molar-refractivity contribution < 1.29 is 19.8 Å². The number of hydrogen-bond acceptors (Lipinski definition) is 7. The van der Waals surface area contributed by atoms with Gasteiger partial charge in [-0.3, -0.25) is 19.6 Å². The van der Waals surface area contributed by atoms with Crippen LogP contribution in [0, 0.1) is 0 Å². The number of carbonyl (C=O) groups is 2. The summed E-state index contributed by atoms with van der Waals surface area (Å²) in [5.41, 5.74) is 12.1. The van der Waals surface area contributed by atoms with Crippen molar-refractivity contribution in [3.05, 3.63) is 0 Å². The second kappa shape index (κ2) is 20.7. The van der Waals surface area contributed by atoms with Gasteiger partial charge in [0.25, 0.3) is 5.91 Å². The van der Waals surface area contributed by atoms with Gasteiger partial charge < -0.3 is 37.6 Å². The van der Waals surface area contributed by atoms with Crippen molar-refractivity contribution >= 4 is 23.5 Å². The molecule has 0 aliphatic rings. The van der Waals surface area contributed by atoms with Gasteiger partial charge in [0, 0.05) is 43.9 Å². The van der Waals surface area contributed by atoms with Crippen LogP contribution in [0.15, 0.2) is 9.98 Å². The molecule has 0 aromatic rings. The Labute approximate surface area is 229 Å². The number of rotatable bonds is 22. The molecule has 0 heterocycles. The lowest BCUT2D eigenvalue weighted by molar-refractivity contribution is -0.136. The van der Waals surface area contributed by atoms with Gasteiger partial charge in [0.15, 0.2) is 6.10 Å². The molecule has 0 aliphatic carbocycles. The molecule has 0 spiro atoms. The molecular formula is C27H55N7O4. The van der Waals surface area contributed by atoms with Gasteiger partial charge in [-0.2, -0.15) is 0 Å². The third-order valence-electron chi connectivity index (χ3n) is 6.58. The summed E-state index contributed by atoms with van der Waals surface area (Å²) >= 11 is 0. The number of carbonyl (C=O) groups excluding carboxylic acids is 2. The van der Waals surface area contributed by atoms with E-state index >= 15 is 0 Å². The Morgan fingerprint density at radius 3 is 1.97 bits per heavy atom. The lowest BCUT2D eigenvalue weighted by Gasteiger charge is -2.23. The molecule has 0 rings (SSSR count). The number of unbranched alkanes of at least 4 members (excludes halogenated alkanes) is 3. The molecule has 3 atom stereocenters. The average molecular weight is 542 g/mol. The van der Waals surface area contributed by atoms with E-state index in [9.17, 15) is 19.8 Å². The molecule has 2 amide bonds. The molecule has 0 aliphatic heterocycles. The summed E-state index contributed by atoms with van der Waals surface area (Å²) in [7, 11) is 0.